The number of hydrogen-bond donors (Lipinski definition) is 2. The van der Waals surface area contributed by atoms with E-state index in [0.29, 0.717) is 24.7 Å². The molecule has 154 valence electrons. The van der Waals surface area contributed by atoms with Crippen molar-refractivity contribution in [2.45, 2.75) is 31.9 Å². The Morgan fingerprint density at radius 2 is 2.14 bits per heavy atom. The van der Waals surface area contributed by atoms with Crippen molar-refractivity contribution in [1.82, 2.24) is 19.7 Å². The van der Waals surface area contributed by atoms with Crippen LogP contribution in [0.15, 0.2) is 48.9 Å². The van der Waals surface area contributed by atoms with Gasteiger partial charge in [0.25, 0.3) is 5.91 Å². The normalized spacial score (nSPS) is 12.4. The lowest BCUT2D eigenvalue weighted by Gasteiger charge is -2.20. The van der Waals surface area contributed by atoms with E-state index in [4.69, 9.17) is 5.73 Å². The Morgan fingerprint density at radius 3 is 2.86 bits per heavy atom. The van der Waals surface area contributed by atoms with E-state index in [1.165, 1.54) is 0 Å². The summed E-state index contributed by atoms with van der Waals surface area (Å²) in [6.45, 7) is 5.62. The van der Waals surface area contributed by atoms with Crippen molar-refractivity contribution in [2.75, 3.05) is 18.8 Å². The van der Waals surface area contributed by atoms with Crippen LogP contribution in [0.1, 0.15) is 47.9 Å². The molecule has 0 aliphatic carbocycles. The first-order valence-electron chi connectivity index (χ1n) is 10.0. The second-order valence-electron chi connectivity index (χ2n) is 7.54. The number of aromatic nitrogens is 3. The zero-order valence-electron chi connectivity index (χ0n) is 17.0. The number of carbonyl (C=O) groups is 1. The Hall–Kier alpha value is -2.38. The average Bonchev–Trinajstić information content (AvgIpc) is 3.14. The molecule has 0 aromatic carbocycles. The number of nitrogens with one attached hydrogen (secondary N) is 1. The van der Waals surface area contributed by atoms with Crippen LogP contribution < -0.4 is 11.1 Å². The lowest BCUT2D eigenvalue weighted by atomic mass is 9.91. The molecule has 0 bridgehead atoms. The first-order chi connectivity index (χ1) is 14.1. The summed E-state index contributed by atoms with van der Waals surface area (Å²) in [5, 5.41) is 3.12. The third-order valence-corrected chi connectivity index (χ3v) is 5.73. The molecule has 3 aromatic rings. The maximum atomic E-state index is 13.0. The quantitative estimate of drug-likeness (QED) is 0.499. The Kier molecular flexibility index (Phi) is 7.66. The molecule has 1 unspecified atom stereocenters. The fourth-order valence-electron chi connectivity index (χ4n) is 3.41. The van der Waals surface area contributed by atoms with Crippen LogP contribution in [-0.4, -0.2) is 39.1 Å². The molecule has 3 rings (SSSR count). The van der Waals surface area contributed by atoms with Crippen molar-refractivity contribution in [2.24, 2.45) is 11.7 Å². The highest BCUT2D eigenvalue weighted by Gasteiger charge is 2.17. The molecular formula is C22H29N5OS. The fourth-order valence-corrected chi connectivity index (χ4v) is 4.07. The van der Waals surface area contributed by atoms with Gasteiger partial charge < -0.3 is 11.1 Å². The summed E-state index contributed by atoms with van der Waals surface area (Å²) in [5.41, 5.74) is 9.05. The number of amides is 1. The molecule has 29 heavy (non-hydrogen) atoms. The molecule has 1 atom stereocenters. The van der Waals surface area contributed by atoms with Gasteiger partial charge in [-0.2, -0.15) is 11.8 Å². The third kappa shape index (κ3) is 5.81. The van der Waals surface area contributed by atoms with Gasteiger partial charge in [-0.05, 0) is 36.1 Å². The molecule has 0 aliphatic heterocycles. The molecule has 0 fully saturated rings. The van der Waals surface area contributed by atoms with Gasteiger partial charge in [0.05, 0.1) is 5.69 Å². The van der Waals surface area contributed by atoms with Crippen LogP contribution in [0.4, 0.5) is 0 Å². The first-order valence-corrected chi connectivity index (χ1v) is 11.2. The summed E-state index contributed by atoms with van der Waals surface area (Å²) >= 11 is 1.75. The number of rotatable bonds is 10. The number of pyridine rings is 2. The van der Waals surface area contributed by atoms with Crippen LogP contribution >= 0.6 is 11.8 Å². The third-order valence-electron chi connectivity index (χ3n) is 4.71. The standard InChI is InChI=1S/C22H29N5OS/c1-16(2)11-18(17-5-4-9-24-12-17)13-25-22(28)20-6-3-7-21-26-19(14-27(20)21)15-29-10-8-23/h3-7,9,12,14,16,18H,8,10-11,13,15,23H2,1-2H3,(H,25,28). The van der Waals surface area contributed by atoms with Crippen molar-refractivity contribution in [1.29, 1.82) is 0 Å². The highest BCUT2D eigenvalue weighted by Crippen LogP contribution is 2.22. The van der Waals surface area contributed by atoms with E-state index in [2.05, 4.69) is 35.2 Å². The molecule has 0 spiro atoms. The molecule has 0 radical (unpaired) electrons. The summed E-state index contributed by atoms with van der Waals surface area (Å²) in [6.07, 6.45) is 6.60. The van der Waals surface area contributed by atoms with Gasteiger partial charge in [0, 0.05) is 49.1 Å². The zero-order valence-corrected chi connectivity index (χ0v) is 17.9. The van der Waals surface area contributed by atoms with Crippen molar-refractivity contribution in [3.8, 4) is 0 Å². The van der Waals surface area contributed by atoms with Crippen LogP contribution in [-0.2, 0) is 5.75 Å². The number of thioether (sulfide) groups is 1. The lowest BCUT2D eigenvalue weighted by Crippen LogP contribution is -2.30. The largest absolute Gasteiger partial charge is 0.350 e. The number of nitrogens with zero attached hydrogens (tertiary/aromatic N) is 3. The molecule has 0 saturated heterocycles. The van der Waals surface area contributed by atoms with Gasteiger partial charge in [0.1, 0.15) is 11.3 Å². The van der Waals surface area contributed by atoms with Crippen LogP contribution in [0.2, 0.25) is 0 Å². The fraction of sp³-hybridized carbons (Fsp3) is 0.409. The Labute approximate surface area is 176 Å². The van der Waals surface area contributed by atoms with Gasteiger partial charge in [-0.15, -0.1) is 0 Å². The minimum atomic E-state index is -0.0909. The smallest absolute Gasteiger partial charge is 0.268 e. The Morgan fingerprint density at radius 1 is 1.28 bits per heavy atom. The van der Waals surface area contributed by atoms with Crippen molar-refractivity contribution in [3.63, 3.8) is 0 Å². The second-order valence-corrected chi connectivity index (χ2v) is 8.64. The number of fused-ring (bicyclic) bond motifs is 1. The minimum absolute atomic E-state index is 0.0909. The highest BCUT2D eigenvalue weighted by atomic mass is 32.2. The monoisotopic (exact) mass is 411 g/mol. The highest BCUT2D eigenvalue weighted by molar-refractivity contribution is 7.98. The van der Waals surface area contributed by atoms with Crippen molar-refractivity contribution in [3.05, 3.63) is 65.9 Å². The topological polar surface area (TPSA) is 85.3 Å². The summed E-state index contributed by atoms with van der Waals surface area (Å²) in [4.78, 5) is 21.8. The van der Waals surface area contributed by atoms with Crippen LogP contribution in [0.5, 0.6) is 0 Å². The van der Waals surface area contributed by atoms with Gasteiger partial charge >= 0.3 is 0 Å². The van der Waals surface area contributed by atoms with E-state index >= 15 is 0 Å². The van der Waals surface area contributed by atoms with Crippen molar-refractivity contribution < 1.29 is 4.79 Å². The number of hydrogen-bond acceptors (Lipinski definition) is 5. The molecule has 7 heteroatoms. The maximum absolute atomic E-state index is 13.0. The molecule has 3 heterocycles. The predicted octanol–water partition coefficient (Wildman–Crippen LogP) is 3.48. The maximum Gasteiger partial charge on any atom is 0.268 e. The summed E-state index contributed by atoms with van der Waals surface area (Å²) in [5.74, 6) is 2.36. The molecule has 3 aromatic heterocycles. The minimum Gasteiger partial charge on any atom is -0.350 e. The summed E-state index contributed by atoms with van der Waals surface area (Å²) < 4.78 is 1.87. The molecule has 0 aliphatic rings. The van der Waals surface area contributed by atoms with E-state index in [1.54, 1.807) is 18.0 Å². The number of nitrogens with two attached hydrogens (primary N) is 1. The van der Waals surface area contributed by atoms with E-state index < -0.39 is 0 Å². The summed E-state index contributed by atoms with van der Waals surface area (Å²) in [7, 11) is 0. The SMILES string of the molecule is CC(C)CC(CNC(=O)c1cccc2nc(CSCCN)cn12)c1cccnc1. The van der Waals surface area contributed by atoms with Crippen LogP contribution in [0, 0.1) is 5.92 Å². The van der Waals surface area contributed by atoms with Gasteiger partial charge in [-0.3, -0.25) is 14.2 Å². The Balaban J connectivity index is 1.73. The van der Waals surface area contributed by atoms with Gasteiger partial charge in [0.2, 0.25) is 0 Å². The predicted molar refractivity (Wildman–Crippen MR) is 119 cm³/mol. The van der Waals surface area contributed by atoms with Crippen LogP contribution in [0.25, 0.3) is 5.65 Å². The molecule has 6 nitrogen and oxygen atoms in total. The lowest BCUT2D eigenvalue weighted by molar-refractivity contribution is 0.0943. The van der Waals surface area contributed by atoms with E-state index in [0.717, 1.165) is 34.8 Å². The molecule has 3 N–H and O–H groups in total. The van der Waals surface area contributed by atoms with E-state index in [1.807, 2.05) is 41.1 Å². The molecule has 0 saturated carbocycles. The van der Waals surface area contributed by atoms with Gasteiger partial charge in [-0.25, -0.2) is 4.98 Å². The van der Waals surface area contributed by atoms with E-state index in [9.17, 15) is 4.79 Å². The van der Waals surface area contributed by atoms with Crippen LogP contribution in [0.3, 0.4) is 0 Å². The zero-order chi connectivity index (χ0) is 20.6. The van der Waals surface area contributed by atoms with E-state index in [-0.39, 0.29) is 11.8 Å². The molecular weight excluding hydrogens is 382 g/mol. The van der Waals surface area contributed by atoms with Crippen molar-refractivity contribution >= 4 is 23.3 Å². The average molecular weight is 412 g/mol. The summed E-state index contributed by atoms with van der Waals surface area (Å²) in [6, 6.07) is 9.66. The number of carbonyl (C=O) groups excluding carboxylic acids is 1. The number of imidazole rings is 1. The van der Waals surface area contributed by atoms with Gasteiger partial charge in [-0.1, -0.05) is 26.0 Å². The second kappa shape index (κ2) is 10.4. The Bertz CT molecular complexity index is 925. The molecule has 1 amide bonds. The van der Waals surface area contributed by atoms with Gasteiger partial charge in [0.15, 0.2) is 0 Å². The first kappa shape index (κ1) is 21.3.